The lowest BCUT2D eigenvalue weighted by molar-refractivity contribution is -0.0492. The van der Waals surface area contributed by atoms with Gasteiger partial charge in [0.25, 0.3) is 5.56 Å². The van der Waals surface area contributed by atoms with Gasteiger partial charge >= 0.3 is 5.69 Å². The van der Waals surface area contributed by atoms with Gasteiger partial charge in [0.15, 0.2) is 12.4 Å². The van der Waals surface area contributed by atoms with Crippen molar-refractivity contribution in [2.45, 2.75) is 24.6 Å². The number of nitrogens with zero attached hydrogens (tertiary/aromatic N) is 1. The molecule has 0 radical (unpaired) electrons. The third-order valence-corrected chi connectivity index (χ3v) is 3.44. The maximum atomic E-state index is 13.8. The fourth-order valence-corrected chi connectivity index (χ4v) is 2.16. The topological polar surface area (TPSA) is 105 Å². The number of aliphatic hydroxyl groups excluding tert-OH is 2. The van der Waals surface area contributed by atoms with Crippen LogP contribution in [0.2, 0.25) is 0 Å². The molecule has 0 spiro atoms. The summed E-state index contributed by atoms with van der Waals surface area (Å²) < 4.78 is 19.9. The van der Waals surface area contributed by atoms with E-state index in [4.69, 9.17) is 9.84 Å². The van der Waals surface area contributed by atoms with Crippen LogP contribution in [0, 0.1) is 3.57 Å². The molecule has 0 amide bonds. The molecular weight excluding hydrogens is 362 g/mol. The van der Waals surface area contributed by atoms with E-state index < -0.39 is 42.5 Å². The van der Waals surface area contributed by atoms with Gasteiger partial charge in [-0.3, -0.25) is 14.3 Å². The predicted octanol–water partition coefficient (Wildman–Crippen LogP) is -1.27. The highest BCUT2D eigenvalue weighted by molar-refractivity contribution is 14.1. The van der Waals surface area contributed by atoms with E-state index in [-0.39, 0.29) is 3.57 Å². The molecular formula is C9H10FIN2O5. The molecule has 0 bridgehead atoms. The molecule has 1 saturated heterocycles. The number of halogens is 2. The zero-order valence-electron chi connectivity index (χ0n) is 8.92. The summed E-state index contributed by atoms with van der Waals surface area (Å²) in [7, 11) is 0. The number of hydrogen-bond acceptors (Lipinski definition) is 5. The average molecular weight is 372 g/mol. The summed E-state index contributed by atoms with van der Waals surface area (Å²) in [5.74, 6) is 0. The van der Waals surface area contributed by atoms with E-state index in [2.05, 4.69) is 0 Å². The van der Waals surface area contributed by atoms with Gasteiger partial charge < -0.3 is 14.9 Å². The number of rotatable bonds is 2. The number of hydrogen-bond donors (Lipinski definition) is 3. The van der Waals surface area contributed by atoms with E-state index >= 15 is 0 Å². The second kappa shape index (κ2) is 5.07. The molecule has 1 fully saturated rings. The minimum atomic E-state index is -1.86. The van der Waals surface area contributed by atoms with Gasteiger partial charge in [-0.25, -0.2) is 9.18 Å². The summed E-state index contributed by atoms with van der Waals surface area (Å²) in [4.78, 5) is 24.7. The number of aromatic nitrogens is 2. The Morgan fingerprint density at radius 1 is 1.56 bits per heavy atom. The lowest BCUT2D eigenvalue weighted by Gasteiger charge is -2.15. The number of alkyl halides is 1. The van der Waals surface area contributed by atoms with Gasteiger partial charge in [-0.15, -0.1) is 0 Å². The largest absolute Gasteiger partial charge is 0.394 e. The van der Waals surface area contributed by atoms with E-state index in [9.17, 15) is 19.1 Å². The predicted molar refractivity (Wildman–Crippen MR) is 65.9 cm³/mol. The molecule has 2 rings (SSSR count). The summed E-state index contributed by atoms with van der Waals surface area (Å²) in [6, 6.07) is 0. The Bertz CT molecular complexity index is 559. The molecule has 2 unspecified atom stereocenters. The first kappa shape index (κ1) is 13.6. The fourth-order valence-electron chi connectivity index (χ4n) is 1.73. The van der Waals surface area contributed by atoms with Crippen LogP contribution in [0.15, 0.2) is 15.8 Å². The first-order chi connectivity index (χ1) is 8.45. The molecule has 18 heavy (non-hydrogen) atoms. The van der Waals surface area contributed by atoms with Gasteiger partial charge in [-0.2, -0.15) is 0 Å². The van der Waals surface area contributed by atoms with Crippen molar-refractivity contribution in [3.8, 4) is 0 Å². The minimum Gasteiger partial charge on any atom is -0.394 e. The zero-order chi connectivity index (χ0) is 13.4. The third kappa shape index (κ3) is 2.22. The third-order valence-electron chi connectivity index (χ3n) is 2.67. The standard InChI is InChI=1S/C9H10FIN2O5/c10-5-6(15)4(2-14)18-8(5)13-1-3(11)7(16)12-9(13)17/h1,4-6,8,14-15H,2H2,(H,12,16,17)/t4-,5?,6?,8-/m0/s1. The van der Waals surface area contributed by atoms with Crippen LogP contribution < -0.4 is 11.2 Å². The lowest BCUT2D eigenvalue weighted by Crippen LogP contribution is -2.37. The second-order valence-electron chi connectivity index (χ2n) is 3.83. The van der Waals surface area contributed by atoms with E-state index in [1.165, 1.54) is 0 Å². The van der Waals surface area contributed by atoms with Crippen LogP contribution >= 0.6 is 22.6 Å². The van der Waals surface area contributed by atoms with E-state index in [0.29, 0.717) is 0 Å². The first-order valence-electron chi connectivity index (χ1n) is 5.05. The van der Waals surface area contributed by atoms with Crippen molar-refractivity contribution >= 4 is 22.6 Å². The van der Waals surface area contributed by atoms with Crippen molar-refractivity contribution in [1.82, 2.24) is 9.55 Å². The van der Waals surface area contributed by atoms with E-state index in [0.717, 1.165) is 10.8 Å². The maximum Gasteiger partial charge on any atom is 0.330 e. The van der Waals surface area contributed by atoms with Crippen molar-refractivity contribution in [2.75, 3.05) is 6.61 Å². The molecule has 1 aromatic heterocycles. The summed E-state index contributed by atoms with van der Waals surface area (Å²) >= 11 is 1.69. The molecule has 9 heteroatoms. The molecule has 3 N–H and O–H groups in total. The Morgan fingerprint density at radius 3 is 2.78 bits per heavy atom. The molecule has 1 aliphatic heterocycles. The molecule has 0 saturated carbocycles. The molecule has 100 valence electrons. The fraction of sp³-hybridized carbons (Fsp3) is 0.556. The van der Waals surface area contributed by atoms with Gasteiger partial charge in [-0.05, 0) is 22.6 Å². The van der Waals surface area contributed by atoms with Gasteiger partial charge in [-0.1, -0.05) is 0 Å². The van der Waals surface area contributed by atoms with Crippen molar-refractivity contribution < 1.29 is 19.3 Å². The summed E-state index contributed by atoms with van der Waals surface area (Å²) in [6.45, 7) is -0.562. The normalized spacial score (nSPS) is 31.8. The van der Waals surface area contributed by atoms with Crippen molar-refractivity contribution in [2.24, 2.45) is 0 Å². The van der Waals surface area contributed by atoms with E-state index in [1.807, 2.05) is 4.98 Å². The maximum absolute atomic E-state index is 13.8. The van der Waals surface area contributed by atoms with Crippen molar-refractivity contribution in [3.63, 3.8) is 0 Å². The van der Waals surface area contributed by atoms with Crippen LogP contribution in [0.3, 0.4) is 0 Å². The summed E-state index contributed by atoms with van der Waals surface area (Å²) in [6.07, 6.45) is -4.69. The number of ether oxygens (including phenoxy) is 1. The molecule has 0 aromatic carbocycles. The lowest BCUT2D eigenvalue weighted by atomic mass is 10.1. The minimum absolute atomic E-state index is 0.185. The number of H-pyrrole nitrogens is 1. The van der Waals surface area contributed by atoms with Crippen molar-refractivity contribution in [1.29, 1.82) is 0 Å². The molecule has 1 aliphatic rings. The average Bonchev–Trinajstić information content (AvgIpc) is 2.61. The van der Waals surface area contributed by atoms with Crippen molar-refractivity contribution in [3.05, 3.63) is 30.6 Å². The van der Waals surface area contributed by atoms with E-state index in [1.54, 1.807) is 22.6 Å². The van der Waals surface area contributed by atoms with Crippen LogP contribution in [-0.2, 0) is 4.74 Å². The van der Waals surface area contributed by atoms with Crippen LogP contribution in [0.25, 0.3) is 0 Å². The summed E-state index contributed by atoms with van der Waals surface area (Å²) in [5, 5.41) is 18.3. The van der Waals surface area contributed by atoms with Gasteiger partial charge in [0.05, 0.1) is 10.2 Å². The summed E-state index contributed by atoms with van der Waals surface area (Å²) in [5.41, 5.74) is -1.41. The molecule has 2 heterocycles. The van der Waals surface area contributed by atoms with Crippen LogP contribution in [0.1, 0.15) is 6.23 Å². The van der Waals surface area contributed by atoms with Gasteiger partial charge in [0.1, 0.15) is 12.2 Å². The second-order valence-corrected chi connectivity index (χ2v) is 4.99. The molecule has 7 nitrogen and oxygen atoms in total. The molecule has 4 atom stereocenters. The highest BCUT2D eigenvalue weighted by Crippen LogP contribution is 2.30. The number of aromatic amines is 1. The van der Waals surface area contributed by atoms with Gasteiger partial charge in [0.2, 0.25) is 0 Å². The quantitative estimate of drug-likeness (QED) is 0.562. The number of nitrogens with one attached hydrogen (secondary N) is 1. The van der Waals surface area contributed by atoms with Crippen LogP contribution in [-0.4, -0.2) is 44.8 Å². The Morgan fingerprint density at radius 2 is 2.22 bits per heavy atom. The van der Waals surface area contributed by atoms with Gasteiger partial charge in [0, 0.05) is 6.20 Å². The molecule has 0 aliphatic carbocycles. The highest BCUT2D eigenvalue weighted by Gasteiger charge is 2.45. The first-order valence-corrected chi connectivity index (χ1v) is 6.13. The van der Waals surface area contributed by atoms with Crippen LogP contribution in [0.4, 0.5) is 4.39 Å². The Kier molecular flexibility index (Phi) is 3.84. The Hall–Kier alpha value is -0.780. The number of aliphatic hydroxyl groups is 2. The smallest absolute Gasteiger partial charge is 0.330 e. The Balaban J connectivity index is 2.42. The molecule has 1 aromatic rings. The highest BCUT2D eigenvalue weighted by atomic mass is 127. The Labute approximate surface area is 113 Å². The monoisotopic (exact) mass is 372 g/mol. The zero-order valence-corrected chi connectivity index (χ0v) is 11.1. The SMILES string of the molecule is O=c1[nH]c(=O)n([C@H]2O[C@@H](CO)C(O)C2F)cc1I. The van der Waals surface area contributed by atoms with Crippen LogP contribution in [0.5, 0.6) is 0 Å².